The van der Waals surface area contributed by atoms with Crippen LogP contribution in [0.5, 0.6) is 0 Å². The van der Waals surface area contributed by atoms with Crippen molar-refractivity contribution in [1.29, 1.82) is 0 Å². The largest absolute Gasteiger partial charge is 0.468 e. The van der Waals surface area contributed by atoms with E-state index in [4.69, 9.17) is 0 Å². The van der Waals surface area contributed by atoms with Crippen molar-refractivity contribution in [2.24, 2.45) is 0 Å². The molecule has 27 heavy (non-hydrogen) atoms. The van der Waals surface area contributed by atoms with Gasteiger partial charge in [-0.2, -0.15) is 4.72 Å². The molecule has 0 aliphatic carbocycles. The van der Waals surface area contributed by atoms with Gasteiger partial charge >= 0.3 is 5.97 Å². The topological polar surface area (TPSA) is 84.5 Å². The zero-order valence-electron chi connectivity index (χ0n) is 14.8. The summed E-state index contributed by atoms with van der Waals surface area (Å²) in [4.78, 5) is 11.2. The lowest BCUT2D eigenvalue weighted by atomic mass is 10.1. The van der Waals surface area contributed by atoms with Gasteiger partial charge in [-0.05, 0) is 40.6 Å². The van der Waals surface area contributed by atoms with Gasteiger partial charge in [0.15, 0.2) is 0 Å². The fourth-order valence-electron chi connectivity index (χ4n) is 2.64. The van der Waals surface area contributed by atoms with Crippen LogP contribution in [0.3, 0.4) is 0 Å². The summed E-state index contributed by atoms with van der Waals surface area (Å²) in [6.45, 7) is 0.150. The van der Waals surface area contributed by atoms with Gasteiger partial charge in [-0.3, -0.25) is 4.79 Å². The van der Waals surface area contributed by atoms with E-state index in [1.54, 1.807) is 12.1 Å². The average Bonchev–Trinajstić information content (AvgIpc) is 2.70. The molecule has 0 aromatic heterocycles. The molecule has 6 nitrogen and oxygen atoms in total. The van der Waals surface area contributed by atoms with E-state index in [1.807, 2.05) is 18.2 Å². The number of carbonyl (C=O) groups is 1. The van der Waals surface area contributed by atoms with E-state index in [0.717, 1.165) is 10.9 Å². The molecular formula is C20H20N2O4S. The third-order valence-corrected chi connectivity index (χ3v) is 5.49. The van der Waals surface area contributed by atoms with Crippen LogP contribution in [0.1, 0.15) is 5.56 Å². The molecule has 3 rings (SSSR count). The Balaban J connectivity index is 1.70. The van der Waals surface area contributed by atoms with Crippen LogP contribution in [0.2, 0.25) is 0 Å². The zero-order chi connectivity index (χ0) is 19.3. The Hall–Kier alpha value is -2.90. The molecule has 0 aliphatic rings. The van der Waals surface area contributed by atoms with Crippen molar-refractivity contribution in [2.45, 2.75) is 11.4 Å². The Morgan fingerprint density at radius 3 is 2.52 bits per heavy atom. The van der Waals surface area contributed by atoms with E-state index in [-0.39, 0.29) is 4.90 Å². The molecule has 0 unspecified atom stereocenters. The third kappa shape index (κ3) is 4.84. The second kappa shape index (κ2) is 8.20. The standard InChI is InChI=1S/C20H20N2O4S/c1-26-20(23)14-22-27(24,25)19-8-4-7-18(12-19)21-13-15-9-10-16-5-2-3-6-17(16)11-15/h2-12,21-22H,13-14H2,1H3. The molecule has 0 saturated heterocycles. The lowest BCUT2D eigenvalue weighted by Gasteiger charge is -2.10. The maximum Gasteiger partial charge on any atom is 0.320 e. The number of hydrogen-bond donors (Lipinski definition) is 2. The molecular weight excluding hydrogens is 364 g/mol. The highest BCUT2D eigenvalue weighted by molar-refractivity contribution is 7.89. The first kappa shape index (κ1) is 18.9. The number of ether oxygens (including phenoxy) is 1. The number of nitrogens with one attached hydrogen (secondary N) is 2. The molecule has 0 atom stereocenters. The Morgan fingerprint density at radius 2 is 1.74 bits per heavy atom. The lowest BCUT2D eigenvalue weighted by molar-refractivity contribution is -0.139. The Kier molecular flexibility index (Phi) is 5.73. The van der Waals surface area contributed by atoms with Crippen LogP contribution in [-0.2, 0) is 26.1 Å². The molecule has 0 amide bonds. The smallest absolute Gasteiger partial charge is 0.320 e. The van der Waals surface area contributed by atoms with Gasteiger partial charge < -0.3 is 10.1 Å². The minimum absolute atomic E-state index is 0.0786. The quantitative estimate of drug-likeness (QED) is 0.612. The molecule has 7 heteroatoms. The first-order valence-electron chi connectivity index (χ1n) is 8.36. The highest BCUT2D eigenvalue weighted by Crippen LogP contribution is 2.19. The number of sulfonamides is 1. The van der Waals surface area contributed by atoms with Crippen molar-refractivity contribution in [3.8, 4) is 0 Å². The fraction of sp³-hybridized carbons (Fsp3) is 0.150. The highest BCUT2D eigenvalue weighted by atomic mass is 32.2. The Bertz CT molecular complexity index is 1060. The average molecular weight is 384 g/mol. The molecule has 0 aliphatic heterocycles. The fourth-order valence-corrected chi connectivity index (χ4v) is 3.65. The first-order valence-corrected chi connectivity index (χ1v) is 9.84. The van der Waals surface area contributed by atoms with Gasteiger partial charge in [-0.25, -0.2) is 8.42 Å². The molecule has 0 radical (unpaired) electrons. The van der Waals surface area contributed by atoms with Crippen LogP contribution in [0.25, 0.3) is 10.8 Å². The monoisotopic (exact) mass is 384 g/mol. The van der Waals surface area contributed by atoms with E-state index in [9.17, 15) is 13.2 Å². The number of hydrogen-bond acceptors (Lipinski definition) is 5. The summed E-state index contributed by atoms with van der Waals surface area (Å²) >= 11 is 0. The summed E-state index contributed by atoms with van der Waals surface area (Å²) in [7, 11) is -2.59. The minimum Gasteiger partial charge on any atom is -0.468 e. The van der Waals surface area contributed by atoms with E-state index in [0.29, 0.717) is 12.2 Å². The van der Waals surface area contributed by atoms with Gasteiger partial charge in [-0.15, -0.1) is 0 Å². The van der Waals surface area contributed by atoms with Crippen molar-refractivity contribution >= 4 is 32.5 Å². The normalized spacial score (nSPS) is 11.3. The summed E-state index contributed by atoms with van der Waals surface area (Å²) in [5, 5.41) is 5.56. The van der Waals surface area contributed by atoms with Crippen molar-refractivity contribution < 1.29 is 17.9 Å². The molecule has 3 aromatic carbocycles. The van der Waals surface area contributed by atoms with Crippen molar-refractivity contribution in [1.82, 2.24) is 4.72 Å². The summed E-state index contributed by atoms with van der Waals surface area (Å²) in [5.41, 5.74) is 1.76. The van der Waals surface area contributed by atoms with Crippen LogP contribution >= 0.6 is 0 Å². The summed E-state index contributed by atoms with van der Waals surface area (Å²) in [6.07, 6.45) is 0. The van der Waals surface area contributed by atoms with Crippen LogP contribution in [0.15, 0.2) is 71.6 Å². The van der Waals surface area contributed by atoms with Gasteiger partial charge in [0.2, 0.25) is 10.0 Å². The number of esters is 1. The maximum absolute atomic E-state index is 12.3. The lowest BCUT2D eigenvalue weighted by Crippen LogP contribution is -2.30. The number of anilines is 1. The second-order valence-corrected chi connectivity index (χ2v) is 7.73. The van der Waals surface area contributed by atoms with Crippen LogP contribution in [0.4, 0.5) is 5.69 Å². The van der Waals surface area contributed by atoms with Gasteiger partial charge in [0.25, 0.3) is 0 Å². The SMILES string of the molecule is COC(=O)CNS(=O)(=O)c1cccc(NCc2ccc3ccccc3c2)c1. The first-order chi connectivity index (χ1) is 13.0. The van der Waals surface area contributed by atoms with Gasteiger partial charge in [-0.1, -0.05) is 42.5 Å². The van der Waals surface area contributed by atoms with Gasteiger partial charge in [0.1, 0.15) is 6.54 Å². The molecule has 3 aromatic rings. The van der Waals surface area contributed by atoms with Crippen molar-refractivity contribution in [3.63, 3.8) is 0 Å². The molecule has 2 N–H and O–H groups in total. The third-order valence-electron chi connectivity index (χ3n) is 4.09. The Morgan fingerprint density at radius 1 is 0.963 bits per heavy atom. The number of fused-ring (bicyclic) bond motifs is 1. The van der Waals surface area contributed by atoms with Crippen molar-refractivity contribution in [2.75, 3.05) is 19.0 Å². The summed E-state index contributed by atoms with van der Waals surface area (Å²) in [5.74, 6) is -0.649. The molecule has 0 heterocycles. The summed E-state index contributed by atoms with van der Waals surface area (Å²) in [6, 6.07) is 20.7. The minimum atomic E-state index is -3.79. The van der Waals surface area contributed by atoms with Crippen LogP contribution < -0.4 is 10.0 Å². The molecule has 0 fully saturated rings. The number of carbonyl (C=O) groups excluding carboxylic acids is 1. The number of benzene rings is 3. The van der Waals surface area contributed by atoms with E-state index in [2.05, 4.69) is 39.0 Å². The van der Waals surface area contributed by atoms with E-state index in [1.165, 1.54) is 24.6 Å². The predicted molar refractivity (Wildman–Crippen MR) is 105 cm³/mol. The molecule has 0 spiro atoms. The second-order valence-electron chi connectivity index (χ2n) is 5.96. The van der Waals surface area contributed by atoms with Crippen molar-refractivity contribution in [3.05, 3.63) is 72.3 Å². The molecule has 140 valence electrons. The van der Waals surface area contributed by atoms with Crippen LogP contribution in [-0.4, -0.2) is 28.0 Å². The number of rotatable bonds is 7. The maximum atomic E-state index is 12.3. The Labute approximate surface area is 158 Å². The molecule has 0 saturated carbocycles. The van der Waals surface area contributed by atoms with Gasteiger partial charge in [0, 0.05) is 12.2 Å². The summed E-state index contributed by atoms with van der Waals surface area (Å²) < 4.78 is 31.2. The molecule has 0 bridgehead atoms. The predicted octanol–water partition coefficient (Wildman–Crippen LogP) is 2.90. The highest BCUT2D eigenvalue weighted by Gasteiger charge is 2.16. The van der Waals surface area contributed by atoms with E-state index >= 15 is 0 Å². The number of methoxy groups -OCH3 is 1. The van der Waals surface area contributed by atoms with E-state index < -0.39 is 22.5 Å². The van der Waals surface area contributed by atoms with Gasteiger partial charge in [0.05, 0.1) is 12.0 Å². The van der Waals surface area contributed by atoms with Crippen LogP contribution in [0, 0.1) is 0 Å². The zero-order valence-corrected chi connectivity index (χ0v) is 15.6.